The smallest absolute Gasteiger partial charge is 0.234 e. The first-order valence-corrected chi connectivity index (χ1v) is 10.6. The van der Waals surface area contributed by atoms with E-state index < -0.39 is 0 Å². The summed E-state index contributed by atoms with van der Waals surface area (Å²) in [6.07, 6.45) is 0. The summed E-state index contributed by atoms with van der Waals surface area (Å²) in [5, 5.41) is 12.0. The monoisotopic (exact) mass is 426 g/mol. The largest absolute Gasteiger partial charge is 0.495 e. The number of hydrogen-bond acceptors (Lipinski definition) is 6. The van der Waals surface area contributed by atoms with Crippen LogP contribution in [0.15, 0.2) is 53.7 Å². The van der Waals surface area contributed by atoms with Crippen molar-refractivity contribution in [3.63, 3.8) is 0 Å². The van der Waals surface area contributed by atoms with E-state index in [0.29, 0.717) is 29.1 Å². The van der Waals surface area contributed by atoms with Crippen LogP contribution in [0, 0.1) is 5.92 Å². The summed E-state index contributed by atoms with van der Waals surface area (Å²) in [5.74, 6) is 2.74. The minimum absolute atomic E-state index is 0.138. The molecule has 3 rings (SSSR count). The molecule has 0 aliphatic heterocycles. The lowest BCUT2D eigenvalue weighted by molar-refractivity contribution is -0.113. The second kappa shape index (κ2) is 10.2. The summed E-state index contributed by atoms with van der Waals surface area (Å²) in [6, 6.07) is 15.1. The molecule has 2 aromatic carbocycles. The Kier molecular flexibility index (Phi) is 7.35. The van der Waals surface area contributed by atoms with Crippen LogP contribution in [0.3, 0.4) is 0 Å². The Hall–Kier alpha value is -3.00. The normalized spacial score (nSPS) is 10.8. The zero-order valence-electron chi connectivity index (χ0n) is 17.6. The molecule has 1 N–H and O–H groups in total. The van der Waals surface area contributed by atoms with E-state index in [9.17, 15) is 4.79 Å². The number of aromatic nitrogens is 3. The number of nitrogens with zero attached hydrogens (tertiary/aromatic N) is 3. The highest BCUT2D eigenvalue weighted by Gasteiger charge is 2.14. The maximum Gasteiger partial charge on any atom is 0.234 e. The van der Waals surface area contributed by atoms with E-state index in [-0.39, 0.29) is 11.7 Å². The quantitative estimate of drug-likeness (QED) is 0.515. The van der Waals surface area contributed by atoms with Crippen molar-refractivity contribution >= 4 is 23.4 Å². The summed E-state index contributed by atoms with van der Waals surface area (Å²) in [7, 11) is 3.46. The third-order valence-corrected chi connectivity index (χ3v) is 5.26. The van der Waals surface area contributed by atoms with Gasteiger partial charge in [0.05, 0.1) is 25.2 Å². The number of carbonyl (C=O) groups excluding carboxylic acids is 1. The first-order chi connectivity index (χ1) is 14.5. The van der Waals surface area contributed by atoms with Crippen LogP contribution in [0.1, 0.15) is 13.8 Å². The van der Waals surface area contributed by atoms with Crippen LogP contribution in [-0.2, 0) is 11.8 Å². The molecule has 8 heteroatoms. The van der Waals surface area contributed by atoms with Crippen LogP contribution in [0.2, 0.25) is 0 Å². The molecule has 0 saturated heterocycles. The number of benzene rings is 2. The lowest BCUT2D eigenvalue weighted by atomic mass is 10.2. The average Bonchev–Trinajstić information content (AvgIpc) is 3.12. The molecule has 0 atom stereocenters. The summed E-state index contributed by atoms with van der Waals surface area (Å²) < 4.78 is 12.9. The fourth-order valence-electron chi connectivity index (χ4n) is 2.72. The van der Waals surface area contributed by atoms with Crippen LogP contribution in [-0.4, -0.2) is 40.1 Å². The highest BCUT2D eigenvalue weighted by molar-refractivity contribution is 7.99. The van der Waals surface area contributed by atoms with Gasteiger partial charge in [0, 0.05) is 12.6 Å². The number of amides is 1. The minimum Gasteiger partial charge on any atom is -0.495 e. The highest BCUT2D eigenvalue weighted by atomic mass is 32.2. The third-order valence-electron chi connectivity index (χ3n) is 4.24. The lowest BCUT2D eigenvalue weighted by Gasteiger charge is -2.10. The van der Waals surface area contributed by atoms with E-state index in [0.717, 1.165) is 17.1 Å². The van der Waals surface area contributed by atoms with Gasteiger partial charge in [-0.1, -0.05) is 37.7 Å². The predicted octanol–water partition coefficient (Wildman–Crippen LogP) is 4.26. The number of carbonyl (C=O) groups is 1. The number of hydrogen-bond donors (Lipinski definition) is 1. The number of thioether (sulfide) groups is 1. The Morgan fingerprint density at radius 3 is 2.57 bits per heavy atom. The molecule has 0 radical (unpaired) electrons. The molecule has 0 unspecified atom stereocenters. The zero-order valence-corrected chi connectivity index (χ0v) is 18.4. The lowest BCUT2D eigenvalue weighted by Crippen LogP contribution is -2.15. The highest BCUT2D eigenvalue weighted by Crippen LogP contribution is 2.26. The van der Waals surface area contributed by atoms with Crippen molar-refractivity contribution < 1.29 is 14.3 Å². The first kappa shape index (κ1) is 21.7. The van der Waals surface area contributed by atoms with Crippen molar-refractivity contribution in [2.45, 2.75) is 19.0 Å². The number of ether oxygens (including phenoxy) is 2. The maximum absolute atomic E-state index is 12.3. The van der Waals surface area contributed by atoms with Gasteiger partial charge in [0.15, 0.2) is 11.0 Å². The van der Waals surface area contributed by atoms with Crippen molar-refractivity contribution in [3.05, 3.63) is 48.5 Å². The molecule has 1 aromatic heterocycles. The standard InChI is InChI=1S/C22H26N4O3S/c1-15(2)13-29-17-11-9-16(10-12-17)21-24-25-22(26(21)3)30-14-20(27)23-18-7-5-6-8-19(18)28-4/h5-12,15H,13-14H2,1-4H3,(H,23,27). The molecule has 1 heterocycles. The van der Waals surface area contributed by atoms with Gasteiger partial charge in [-0.3, -0.25) is 4.79 Å². The maximum atomic E-state index is 12.3. The minimum atomic E-state index is -0.138. The van der Waals surface area contributed by atoms with Gasteiger partial charge in [-0.25, -0.2) is 0 Å². The SMILES string of the molecule is COc1ccccc1NC(=O)CSc1nnc(-c2ccc(OCC(C)C)cc2)n1C. The fraction of sp³-hybridized carbons (Fsp3) is 0.318. The number of methoxy groups -OCH3 is 1. The van der Waals surface area contributed by atoms with Gasteiger partial charge >= 0.3 is 0 Å². The Labute approximate surface area is 180 Å². The fourth-order valence-corrected chi connectivity index (χ4v) is 3.43. The van der Waals surface area contributed by atoms with Crippen molar-refractivity contribution in [3.8, 4) is 22.9 Å². The summed E-state index contributed by atoms with van der Waals surface area (Å²) in [5.41, 5.74) is 1.58. The number of para-hydroxylation sites is 2. The summed E-state index contributed by atoms with van der Waals surface area (Å²) >= 11 is 1.33. The third kappa shape index (κ3) is 5.54. The molecular weight excluding hydrogens is 400 g/mol. The Morgan fingerprint density at radius 2 is 1.87 bits per heavy atom. The number of rotatable bonds is 9. The molecule has 0 bridgehead atoms. The van der Waals surface area contributed by atoms with Gasteiger partial charge in [0.1, 0.15) is 11.5 Å². The molecular formula is C22H26N4O3S. The van der Waals surface area contributed by atoms with Gasteiger partial charge in [-0.05, 0) is 42.3 Å². The Bertz CT molecular complexity index is 986. The van der Waals surface area contributed by atoms with E-state index in [1.54, 1.807) is 19.2 Å². The van der Waals surface area contributed by atoms with Gasteiger partial charge in [0.2, 0.25) is 5.91 Å². The van der Waals surface area contributed by atoms with Crippen molar-refractivity contribution in [2.24, 2.45) is 13.0 Å². The summed E-state index contributed by atoms with van der Waals surface area (Å²) in [4.78, 5) is 12.3. The molecule has 3 aromatic rings. The van der Waals surface area contributed by atoms with Gasteiger partial charge in [0.25, 0.3) is 0 Å². The second-order valence-corrected chi connectivity index (χ2v) is 8.07. The zero-order chi connectivity index (χ0) is 21.5. The average molecular weight is 427 g/mol. The molecule has 1 amide bonds. The van der Waals surface area contributed by atoms with Gasteiger partial charge in [-0.2, -0.15) is 0 Å². The first-order valence-electron chi connectivity index (χ1n) is 9.66. The van der Waals surface area contributed by atoms with Crippen LogP contribution in [0.5, 0.6) is 11.5 Å². The van der Waals surface area contributed by atoms with Crippen molar-refractivity contribution in [1.82, 2.24) is 14.8 Å². The molecule has 7 nitrogen and oxygen atoms in total. The van der Waals surface area contributed by atoms with Crippen LogP contribution >= 0.6 is 11.8 Å². The van der Waals surface area contributed by atoms with Crippen LogP contribution in [0.4, 0.5) is 5.69 Å². The molecule has 158 valence electrons. The van der Waals surface area contributed by atoms with E-state index in [4.69, 9.17) is 9.47 Å². The second-order valence-electron chi connectivity index (χ2n) is 7.13. The Balaban J connectivity index is 1.60. The predicted molar refractivity (Wildman–Crippen MR) is 119 cm³/mol. The Morgan fingerprint density at radius 1 is 1.13 bits per heavy atom. The molecule has 0 spiro atoms. The van der Waals surface area contributed by atoms with Gasteiger partial charge in [-0.15, -0.1) is 10.2 Å². The van der Waals surface area contributed by atoms with Crippen molar-refractivity contribution in [1.29, 1.82) is 0 Å². The number of nitrogens with one attached hydrogen (secondary N) is 1. The molecule has 0 aliphatic rings. The van der Waals surface area contributed by atoms with Crippen LogP contribution in [0.25, 0.3) is 11.4 Å². The molecule has 30 heavy (non-hydrogen) atoms. The van der Waals surface area contributed by atoms with E-state index in [1.807, 2.05) is 48.0 Å². The topological polar surface area (TPSA) is 78.3 Å². The van der Waals surface area contributed by atoms with E-state index in [2.05, 4.69) is 29.4 Å². The van der Waals surface area contributed by atoms with Crippen LogP contribution < -0.4 is 14.8 Å². The molecule has 0 saturated carbocycles. The molecule has 0 aliphatic carbocycles. The van der Waals surface area contributed by atoms with E-state index in [1.165, 1.54) is 11.8 Å². The number of anilines is 1. The van der Waals surface area contributed by atoms with Crippen molar-refractivity contribution in [2.75, 3.05) is 24.8 Å². The summed E-state index contributed by atoms with van der Waals surface area (Å²) in [6.45, 7) is 4.91. The molecule has 0 fully saturated rings. The van der Waals surface area contributed by atoms with Gasteiger partial charge < -0.3 is 19.4 Å². The van der Waals surface area contributed by atoms with E-state index >= 15 is 0 Å².